The maximum absolute atomic E-state index is 13.1. The molecule has 2 aromatic carbocycles. The minimum atomic E-state index is -4.17. The standard InChI is InChI=1S/C19H20N4O5S/c1-13(2)22(29(26,27)17-7-5-4-6-16(17)23(24)25)12-18-20-19(21-28-18)15-10-8-14(3)9-11-15/h4-11,13H,12H2,1-3H3. The molecule has 152 valence electrons. The van der Waals surface area contributed by atoms with E-state index in [1.807, 2.05) is 31.2 Å². The Morgan fingerprint density at radius 2 is 1.79 bits per heavy atom. The summed E-state index contributed by atoms with van der Waals surface area (Å²) in [5.74, 6) is 0.434. The van der Waals surface area contributed by atoms with E-state index in [0.29, 0.717) is 5.82 Å². The summed E-state index contributed by atoms with van der Waals surface area (Å²) in [6.07, 6.45) is 0. The van der Waals surface area contributed by atoms with Crippen molar-refractivity contribution in [3.8, 4) is 11.4 Å². The molecule has 0 amide bonds. The fraction of sp³-hybridized carbons (Fsp3) is 0.263. The van der Waals surface area contributed by atoms with Crippen molar-refractivity contribution in [2.24, 2.45) is 0 Å². The number of rotatable bonds is 7. The zero-order chi connectivity index (χ0) is 21.2. The lowest BCUT2D eigenvalue weighted by molar-refractivity contribution is -0.387. The number of para-hydroxylation sites is 1. The van der Waals surface area contributed by atoms with E-state index in [1.165, 1.54) is 18.2 Å². The number of aryl methyl sites for hydroxylation is 1. The van der Waals surface area contributed by atoms with Gasteiger partial charge in [-0.05, 0) is 26.8 Å². The minimum absolute atomic E-state index is 0.0939. The molecule has 10 heteroatoms. The predicted molar refractivity (Wildman–Crippen MR) is 105 cm³/mol. The van der Waals surface area contributed by atoms with Crippen LogP contribution in [0.1, 0.15) is 25.3 Å². The fourth-order valence-electron chi connectivity index (χ4n) is 2.77. The number of nitro groups is 1. The number of nitrogens with zero attached hydrogens (tertiary/aromatic N) is 4. The van der Waals surface area contributed by atoms with Gasteiger partial charge in [0.05, 0.1) is 11.5 Å². The van der Waals surface area contributed by atoms with Gasteiger partial charge in [0.1, 0.15) is 0 Å². The zero-order valence-electron chi connectivity index (χ0n) is 16.1. The second kappa shape index (κ2) is 8.10. The smallest absolute Gasteiger partial charge is 0.289 e. The van der Waals surface area contributed by atoms with Crippen molar-refractivity contribution in [2.75, 3.05) is 0 Å². The highest BCUT2D eigenvalue weighted by atomic mass is 32.2. The van der Waals surface area contributed by atoms with Crippen molar-refractivity contribution >= 4 is 15.7 Å². The van der Waals surface area contributed by atoms with E-state index in [2.05, 4.69) is 10.1 Å². The van der Waals surface area contributed by atoms with Crippen LogP contribution in [0.5, 0.6) is 0 Å². The van der Waals surface area contributed by atoms with Gasteiger partial charge in [0.2, 0.25) is 11.7 Å². The van der Waals surface area contributed by atoms with E-state index in [0.717, 1.165) is 21.5 Å². The van der Waals surface area contributed by atoms with Crippen LogP contribution in [-0.2, 0) is 16.6 Å². The molecule has 0 saturated carbocycles. The summed E-state index contributed by atoms with van der Waals surface area (Å²) in [4.78, 5) is 14.5. The molecule has 0 bridgehead atoms. The van der Waals surface area contributed by atoms with E-state index in [-0.39, 0.29) is 17.3 Å². The molecule has 3 rings (SSSR count). The third-order valence-corrected chi connectivity index (χ3v) is 6.36. The molecule has 0 fully saturated rings. The van der Waals surface area contributed by atoms with E-state index in [1.54, 1.807) is 13.8 Å². The van der Waals surface area contributed by atoms with Crippen LogP contribution in [0.15, 0.2) is 57.9 Å². The van der Waals surface area contributed by atoms with Crippen LogP contribution in [0.25, 0.3) is 11.4 Å². The summed E-state index contributed by atoms with van der Waals surface area (Å²) in [5, 5.41) is 15.2. The third-order valence-electron chi connectivity index (χ3n) is 4.29. The van der Waals surface area contributed by atoms with Gasteiger partial charge in [-0.1, -0.05) is 47.1 Å². The first-order valence-electron chi connectivity index (χ1n) is 8.85. The molecular weight excluding hydrogens is 396 g/mol. The highest BCUT2D eigenvalue weighted by molar-refractivity contribution is 7.89. The summed E-state index contributed by atoms with van der Waals surface area (Å²) < 4.78 is 32.6. The molecule has 0 radical (unpaired) electrons. The largest absolute Gasteiger partial charge is 0.338 e. The highest BCUT2D eigenvalue weighted by Gasteiger charge is 2.34. The van der Waals surface area contributed by atoms with Crippen molar-refractivity contribution in [1.29, 1.82) is 0 Å². The van der Waals surface area contributed by atoms with Gasteiger partial charge in [0.15, 0.2) is 4.90 Å². The van der Waals surface area contributed by atoms with Crippen LogP contribution in [0.4, 0.5) is 5.69 Å². The average Bonchev–Trinajstić information content (AvgIpc) is 3.15. The fourth-order valence-corrected chi connectivity index (χ4v) is 4.52. The molecule has 1 heterocycles. The third kappa shape index (κ3) is 4.33. The van der Waals surface area contributed by atoms with E-state index in [4.69, 9.17) is 4.52 Å². The Labute approximate surface area is 168 Å². The molecule has 0 atom stereocenters. The van der Waals surface area contributed by atoms with Gasteiger partial charge in [0, 0.05) is 17.7 Å². The number of sulfonamides is 1. The van der Waals surface area contributed by atoms with Gasteiger partial charge < -0.3 is 4.52 Å². The molecule has 0 N–H and O–H groups in total. The number of nitro benzene ring substituents is 1. The van der Waals surface area contributed by atoms with E-state index in [9.17, 15) is 18.5 Å². The lowest BCUT2D eigenvalue weighted by Gasteiger charge is -2.24. The predicted octanol–water partition coefficient (Wildman–Crippen LogP) is 3.55. The maximum atomic E-state index is 13.1. The van der Waals surface area contributed by atoms with E-state index >= 15 is 0 Å². The lowest BCUT2D eigenvalue weighted by atomic mass is 10.1. The molecule has 9 nitrogen and oxygen atoms in total. The molecule has 0 unspecified atom stereocenters. The number of benzene rings is 2. The second-order valence-corrected chi connectivity index (χ2v) is 8.61. The number of aromatic nitrogens is 2. The van der Waals surface area contributed by atoms with Gasteiger partial charge in [0.25, 0.3) is 15.7 Å². The molecule has 3 aromatic rings. The Hall–Kier alpha value is -3.11. The number of hydrogen-bond acceptors (Lipinski definition) is 7. The molecule has 0 saturated heterocycles. The Balaban J connectivity index is 1.94. The van der Waals surface area contributed by atoms with Crippen LogP contribution in [-0.4, -0.2) is 33.8 Å². The van der Waals surface area contributed by atoms with Crippen molar-refractivity contribution in [3.05, 3.63) is 70.1 Å². The lowest BCUT2D eigenvalue weighted by Crippen LogP contribution is -2.36. The summed E-state index contributed by atoms with van der Waals surface area (Å²) in [5.41, 5.74) is 1.34. The van der Waals surface area contributed by atoms with Crippen LogP contribution in [0, 0.1) is 17.0 Å². The Kier molecular flexibility index (Phi) is 5.76. The SMILES string of the molecule is Cc1ccc(-c2noc(CN(C(C)C)S(=O)(=O)c3ccccc3[N+](=O)[O-])n2)cc1. The van der Waals surface area contributed by atoms with Gasteiger partial charge in [-0.2, -0.15) is 9.29 Å². The quantitative estimate of drug-likeness (QED) is 0.427. The first kappa shape index (κ1) is 20.6. The van der Waals surface area contributed by atoms with Crippen LogP contribution in [0.3, 0.4) is 0 Å². The Bertz CT molecular complexity index is 1120. The first-order valence-corrected chi connectivity index (χ1v) is 10.3. The minimum Gasteiger partial charge on any atom is -0.338 e. The molecule has 0 spiro atoms. The molecule has 1 aromatic heterocycles. The van der Waals surface area contributed by atoms with Crippen molar-refractivity contribution < 1.29 is 17.9 Å². The zero-order valence-corrected chi connectivity index (χ0v) is 17.0. The van der Waals surface area contributed by atoms with Crippen molar-refractivity contribution in [3.63, 3.8) is 0 Å². The summed E-state index contributed by atoms with van der Waals surface area (Å²) >= 11 is 0. The normalized spacial score (nSPS) is 11.9. The van der Waals surface area contributed by atoms with Crippen LogP contribution < -0.4 is 0 Å². The average molecular weight is 416 g/mol. The second-order valence-electron chi connectivity index (χ2n) is 6.75. The molecule has 0 aliphatic heterocycles. The summed E-state index contributed by atoms with van der Waals surface area (Å²) in [7, 11) is -4.17. The van der Waals surface area contributed by atoms with Gasteiger partial charge in [-0.25, -0.2) is 8.42 Å². The Morgan fingerprint density at radius 3 is 2.41 bits per heavy atom. The molecular formula is C19H20N4O5S. The van der Waals surface area contributed by atoms with Gasteiger partial charge >= 0.3 is 0 Å². The maximum Gasteiger partial charge on any atom is 0.289 e. The molecule has 29 heavy (non-hydrogen) atoms. The van der Waals surface area contributed by atoms with Gasteiger partial charge in [-0.3, -0.25) is 10.1 Å². The van der Waals surface area contributed by atoms with Crippen LogP contribution >= 0.6 is 0 Å². The molecule has 0 aliphatic carbocycles. The number of hydrogen-bond donors (Lipinski definition) is 0. The summed E-state index contributed by atoms with van der Waals surface area (Å²) in [6.45, 7) is 5.09. The topological polar surface area (TPSA) is 119 Å². The highest BCUT2D eigenvalue weighted by Crippen LogP contribution is 2.28. The van der Waals surface area contributed by atoms with Gasteiger partial charge in [-0.15, -0.1) is 0 Å². The monoisotopic (exact) mass is 416 g/mol. The van der Waals surface area contributed by atoms with Crippen molar-refractivity contribution in [2.45, 2.75) is 38.3 Å². The van der Waals surface area contributed by atoms with Crippen LogP contribution in [0.2, 0.25) is 0 Å². The molecule has 0 aliphatic rings. The Morgan fingerprint density at radius 1 is 1.14 bits per heavy atom. The van der Waals surface area contributed by atoms with Crippen molar-refractivity contribution in [1.82, 2.24) is 14.4 Å². The summed E-state index contributed by atoms with van der Waals surface area (Å²) in [6, 6.07) is 12.2. The first-order chi connectivity index (χ1) is 13.7. The van der Waals surface area contributed by atoms with E-state index < -0.39 is 26.7 Å².